The molecule has 0 aliphatic carbocycles. The van der Waals surface area contributed by atoms with Gasteiger partial charge in [-0.05, 0) is 24.3 Å². The van der Waals surface area contributed by atoms with Gasteiger partial charge in [-0.15, -0.1) is 0 Å². The normalized spacial score (nSPS) is 11.1. The number of sulfonamides is 1. The molecule has 0 saturated heterocycles. The standard InChI is InChI=1S/C12H10FN3O3S/c13-11-6-5-8(7-15-11)12(17)16-9-3-1-2-4-10(9)20(14,18)19/h1-7H,(H,16,17)(H2,14,18,19). The first-order valence-corrected chi connectivity index (χ1v) is 6.97. The Labute approximate surface area is 114 Å². The average Bonchev–Trinajstić information content (AvgIpc) is 2.38. The Hall–Kier alpha value is -2.32. The van der Waals surface area contributed by atoms with Crippen molar-refractivity contribution in [3.8, 4) is 0 Å². The SMILES string of the molecule is NS(=O)(=O)c1ccccc1NC(=O)c1ccc(F)nc1. The summed E-state index contributed by atoms with van der Waals surface area (Å²) in [7, 11) is -3.96. The highest BCUT2D eigenvalue weighted by molar-refractivity contribution is 7.89. The molecule has 8 heteroatoms. The van der Waals surface area contributed by atoms with Crippen molar-refractivity contribution in [1.29, 1.82) is 0 Å². The van der Waals surface area contributed by atoms with Gasteiger partial charge in [0.2, 0.25) is 16.0 Å². The van der Waals surface area contributed by atoms with E-state index in [0.717, 1.165) is 12.3 Å². The van der Waals surface area contributed by atoms with Crippen LogP contribution < -0.4 is 10.5 Å². The number of benzene rings is 1. The Kier molecular flexibility index (Phi) is 3.77. The number of carbonyl (C=O) groups is 1. The molecule has 2 aromatic rings. The van der Waals surface area contributed by atoms with Crippen LogP contribution in [0.3, 0.4) is 0 Å². The fraction of sp³-hybridized carbons (Fsp3) is 0. The monoisotopic (exact) mass is 295 g/mol. The minimum atomic E-state index is -3.96. The Balaban J connectivity index is 2.31. The van der Waals surface area contributed by atoms with Gasteiger partial charge in [-0.3, -0.25) is 4.79 Å². The summed E-state index contributed by atoms with van der Waals surface area (Å²) in [6, 6.07) is 7.96. The average molecular weight is 295 g/mol. The molecule has 1 aromatic heterocycles. The van der Waals surface area contributed by atoms with Gasteiger partial charge < -0.3 is 5.32 Å². The second-order valence-electron chi connectivity index (χ2n) is 3.86. The summed E-state index contributed by atoms with van der Waals surface area (Å²) in [5.74, 6) is -1.33. The number of pyridine rings is 1. The van der Waals surface area contributed by atoms with Crippen molar-refractivity contribution in [3.63, 3.8) is 0 Å². The van der Waals surface area contributed by atoms with Crippen molar-refractivity contribution >= 4 is 21.6 Å². The van der Waals surface area contributed by atoms with Gasteiger partial charge in [0.1, 0.15) is 4.90 Å². The molecule has 0 fully saturated rings. The highest BCUT2D eigenvalue weighted by Crippen LogP contribution is 2.19. The minimum Gasteiger partial charge on any atom is -0.321 e. The molecule has 1 heterocycles. The smallest absolute Gasteiger partial charge is 0.257 e. The van der Waals surface area contributed by atoms with Crippen molar-refractivity contribution in [1.82, 2.24) is 4.98 Å². The van der Waals surface area contributed by atoms with E-state index < -0.39 is 21.9 Å². The summed E-state index contributed by atoms with van der Waals surface area (Å²) in [5, 5.41) is 7.44. The molecule has 6 nitrogen and oxygen atoms in total. The molecule has 0 radical (unpaired) electrons. The molecule has 20 heavy (non-hydrogen) atoms. The van der Waals surface area contributed by atoms with Crippen molar-refractivity contribution < 1.29 is 17.6 Å². The lowest BCUT2D eigenvalue weighted by atomic mass is 10.2. The molecule has 3 N–H and O–H groups in total. The maximum absolute atomic E-state index is 12.7. The van der Waals surface area contributed by atoms with E-state index in [9.17, 15) is 17.6 Å². The first kappa shape index (κ1) is 14.1. The molecule has 0 atom stereocenters. The highest BCUT2D eigenvalue weighted by Gasteiger charge is 2.15. The van der Waals surface area contributed by atoms with Crippen LogP contribution in [0.15, 0.2) is 47.5 Å². The number of aromatic nitrogens is 1. The largest absolute Gasteiger partial charge is 0.321 e. The fourth-order valence-electron chi connectivity index (χ4n) is 1.52. The maximum Gasteiger partial charge on any atom is 0.257 e. The van der Waals surface area contributed by atoms with Crippen LogP contribution in [-0.4, -0.2) is 19.3 Å². The molecule has 0 unspecified atom stereocenters. The molecule has 2 rings (SSSR count). The molecule has 1 amide bonds. The minimum absolute atomic E-state index is 0.0457. The van der Waals surface area contributed by atoms with Crippen LogP contribution in [0.25, 0.3) is 0 Å². The summed E-state index contributed by atoms with van der Waals surface area (Å²) in [6.07, 6.45) is 1.05. The molecular weight excluding hydrogens is 285 g/mol. The van der Waals surface area contributed by atoms with Gasteiger partial charge in [-0.25, -0.2) is 18.5 Å². The van der Waals surface area contributed by atoms with Crippen LogP contribution in [0.4, 0.5) is 10.1 Å². The van der Waals surface area contributed by atoms with E-state index in [1.54, 1.807) is 6.07 Å². The fourth-order valence-corrected chi connectivity index (χ4v) is 2.22. The Morgan fingerprint density at radius 1 is 1.20 bits per heavy atom. The summed E-state index contributed by atoms with van der Waals surface area (Å²) in [5.41, 5.74) is 0.139. The van der Waals surface area contributed by atoms with Crippen molar-refractivity contribution in [2.24, 2.45) is 5.14 Å². The van der Waals surface area contributed by atoms with Gasteiger partial charge in [0, 0.05) is 6.20 Å². The molecule has 0 aliphatic rings. The van der Waals surface area contributed by atoms with Crippen LogP contribution in [0, 0.1) is 5.95 Å². The third-order valence-corrected chi connectivity index (χ3v) is 3.40. The Morgan fingerprint density at radius 3 is 2.50 bits per heavy atom. The lowest BCUT2D eigenvalue weighted by molar-refractivity contribution is 0.102. The van der Waals surface area contributed by atoms with Crippen molar-refractivity contribution in [2.75, 3.05) is 5.32 Å². The van der Waals surface area contributed by atoms with Gasteiger partial charge >= 0.3 is 0 Å². The molecule has 0 bridgehead atoms. The van der Waals surface area contributed by atoms with Crippen LogP contribution in [0.5, 0.6) is 0 Å². The quantitative estimate of drug-likeness (QED) is 0.828. The van der Waals surface area contributed by atoms with Gasteiger partial charge in [0.25, 0.3) is 5.91 Å². The lowest BCUT2D eigenvalue weighted by Crippen LogP contribution is -2.18. The topological polar surface area (TPSA) is 102 Å². The summed E-state index contributed by atoms with van der Waals surface area (Å²) in [6.45, 7) is 0. The zero-order chi connectivity index (χ0) is 14.8. The highest BCUT2D eigenvalue weighted by atomic mass is 32.2. The summed E-state index contributed by atoms with van der Waals surface area (Å²) >= 11 is 0. The number of primary sulfonamides is 1. The number of carbonyl (C=O) groups excluding carboxylic acids is 1. The van der Waals surface area contributed by atoms with E-state index >= 15 is 0 Å². The zero-order valence-corrected chi connectivity index (χ0v) is 10.9. The third kappa shape index (κ3) is 3.16. The van der Waals surface area contributed by atoms with E-state index in [2.05, 4.69) is 10.3 Å². The van der Waals surface area contributed by atoms with E-state index in [-0.39, 0.29) is 16.1 Å². The molecule has 0 aliphatic heterocycles. The number of hydrogen-bond donors (Lipinski definition) is 2. The van der Waals surface area contributed by atoms with Crippen LogP contribution in [-0.2, 0) is 10.0 Å². The second-order valence-corrected chi connectivity index (χ2v) is 5.39. The number of amides is 1. The van der Waals surface area contributed by atoms with Crippen LogP contribution in [0.1, 0.15) is 10.4 Å². The van der Waals surface area contributed by atoms with E-state index in [0.29, 0.717) is 0 Å². The maximum atomic E-state index is 12.7. The number of nitrogens with two attached hydrogens (primary N) is 1. The van der Waals surface area contributed by atoms with E-state index in [1.165, 1.54) is 24.3 Å². The Morgan fingerprint density at radius 2 is 1.90 bits per heavy atom. The third-order valence-electron chi connectivity index (χ3n) is 2.43. The summed E-state index contributed by atoms with van der Waals surface area (Å²) in [4.78, 5) is 15.0. The first-order valence-electron chi connectivity index (χ1n) is 5.42. The number of nitrogens with zero attached hydrogens (tertiary/aromatic N) is 1. The first-order chi connectivity index (χ1) is 9.38. The molecule has 0 saturated carbocycles. The van der Waals surface area contributed by atoms with Crippen molar-refractivity contribution in [2.45, 2.75) is 4.90 Å². The van der Waals surface area contributed by atoms with Crippen molar-refractivity contribution in [3.05, 3.63) is 54.1 Å². The van der Waals surface area contributed by atoms with E-state index in [1.807, 2.05) is 0 Å². The number of rotatable bonds is 3. The Bertz CT molecular complexity index is 745. The second kappa shape index (κ2) is 5.35. The van der Waals surface area contributed by atoms with Gasteiger partial charge in [-0.2, -0.15) is 4.39 Å². The lowest BCUT2D eigenvalue weighted by Gasteiger charge is -2.09. The van der Waals surface area contributed by atoms with Gasteiger partial charge in [-0.1, -0.05) is 12.1 Å². The number of nitrogens with one attached hydrogen (secondary N) is 1. The predicted molar refractivity (Wildman–Crippen MR) is 70.0 cm³/mol. The van der Waals surface area contributed by atoms with Crippen LogP contribution >= 0.6 is 0 Å². The summed E-state index contributed by atoms with van der Waals surface area (Å²) < 4.78 is 35.4. The predicted octanol–water partition coefficient (Wildman–Crippen LogP) is 1.12. The molecule has 104 valence electrons. The zero-order valence-electron chi connectivity index (χ0n) is 10.1. The van der Waals surface area contributed by atoms with Gasteiger partial charge in [0.15, 0.2) is 0 Å². The number of halogens is 1. The number of para-hydroxylation sites is 1. The van der Waals surface area contributed by atoms with Gasteiger partial charge in [0.05, 0.1) is 11.3 Å². The van der Waals surface area contributed by atoms with E-state index in [4.69, 9.17) is 5.14 Å². The molecular formula is C12H10FN3O3S. The van der Waals surface area contributed by atoms with Crippen LogP contribution in [0.2, 0.25) is 0 Å². The molecule has 1 aromatic carbocycles. The number of hydrogen-bond acceptors (Lipinski definition) is 4. The molecule has 0 spiro atoms. The number of anilines is 1.